The van der Waals surface area contributed by atoms with E-state index in [0.717, 1.165) is 24.0 Å². The number of piperidine rings is 1. The lowest BCUT2D eigenvalue weighted by Crippen LogP contribution is -2.34. The van der Waals surface area contributed by atoms with Gasteiger partial charge in [0.15, 0.2) is 0 Å². The molecule has 1 unspecified atom stereocenters. The van der Waals surface area contributed by atoms with Crippen molar-refractivity contribution in [1.82, 2.24) is 14.9 Å². The Kier molecular flexibility index (Phi) is 4.31. The fourth-order valence-corrected chi connectivity index (χ4v) is 2.42. The molecule has 0 amide bonds. The van der Waals surface area contributed by atoms with Gasteiger partial charge in [0.05, 0.1) is 18.1 Å². The molecular weight excluding hydrogens is 212 g/mol. The van der Waals surface area contributed by atoms with Crippen molar-refractivity contribution in [3.8, 4) is 0 Å². The van der Waals surface area contributed by atoms with Gasteiger partial charge in [0, 0.05) is 20.1 Å². The van der Waals surface area contributed by atoms with E-state index in [2.05, 4.69) is 27.1 Å². The molecule has 1 aliphatic heterocycles. The molecule has 1 fully saturated rings. The first-order valence-corrected chi connectivity index (χ1v) is 6.53. The van der Waals surface area contributed by atoms with Gasteiger partial charge in [-0.05, 0) is 25.3 Å². The molecule has 0 aliphatic carbocycles. The molecule has 1 saturated heterocycles. The smallest absolute Gasteiger partial charge is 0.144 e. The van der Waals surface area contributed by atoms with Gasteiger partial charge in [0.25, 0.3) is 0 Å². The van der Waals surface area contributed by atoms with Gasteiger partial charge in [-0.1, -0.05) is 13.3 Å². The zero-order chi connectivity index (χ0) is 12.1. The third-order valence-corrected chi connectivity index (χ3v) is 3.53. The summed E-state index contributed by atoms with van der Waals surface area (Å²) in [6, 6.07) is 0. The maximum absolute atomic E-state index is 4.43. The Bertz CT molecular complexity index is 336. The number of nitrogens with zero attached hydrogens (tertiary/aromatic N) is 3. The van der Waals surface area contributed by atoms with Gasteiger partial charge in [-0.25, -0.2) is 4.98 Å². The SMILES string of the molecule is CCC1CCCN(Cc2cnc(NC)cn2)C1. The topological polar surface area (TPSA) is 41.1 Å². The van der Waals surface area contributed by atoms with Crippen LogP contribution in [0.4, 0.5) is 5.82 Å². The number of nitrogens with one attached hydrogen (secondary N) is 1. The summed E-state index contributed by atoms with van der Waals surface area (Å²) in [4.78, 5) is 11.2. The standard InChI is InChI=1S/C13H22N4/c1-3-11-5-4-6-17(9-11)10-12-7-16-13(14-2)8-15-12/h7-8,11H,3-6,9-10H2,1-2H3,(H,14,16). The highest BCUT2D eigenvalue weighted by atomic mass is 15.1. The predicted molar refractivity (Wildman–Crippen MR) is 69.9 cm³/mol. The number of hydrogen-bond acceptors (Lipinski definition) is 4. The summed E-state index contributed by atoms with van der Waals surface area (Å²) in [5, 5.41) is 2.99. The van der Waals surface area contributed by atoms with Crippen molar-refractivity contribution in [3.63, 3.8) is 0 Å². The molecule has 1 atom stereocenters. The third kappa shape index (κ3) is 3.40. The van der Waals surface area contributed by atoms with Gasteiger partial charge in [-0.3, -0.25) is 9.88 Å². The highest BCUT2D eigenvalue weighted by molar-refractivity contribution is 5.29. The van der Waals surface area contributed by atoms with Gasteiger partial charge in [0.1, 0.15) is 5.82 Å². The van der Waals surface area contributed by atoms with E-state index in [0.29, 0.717) is 0 Å². The van der Waals surface area contributed by atoms with Crippen LogP contribution in [-0.4, -0.2) is 35.0 Å². The minimum absolute atomic E-state index is 0.832. The summed E-state index contributed by atoms with van der Waals surface area (Å²) in [6.45, 7) is 5.64. The molecule has 2 rings (SSSR count). The van der Waals surface area contributed by atoms with Crippen LogP contribution in [0.2, 0.25) is 0 Å². The van der Waals surface area contributed by atoms with E-state index in [1.165, 1.54) is 32.4 Å². The lowest BCUT2D eigenvalue weighted by Gasteiger charge is -2.31. The lowest BCUT2D eigenvalue weighted by atomic mass is 9.95. The summed E-state index contributed by atoms with van der Waals surface area (Å²) in [7, 11) is 1.86. The van der Waals surface area contributed by atoms with Crippen LogP contribution in [0.1, 0.15) is 31.9 Å². The van der Waals surface area contributed by atoms with Crippen molar-refractivity contribution in [3.05, 3.63) is 18.1 Å². The first kappa shape index (κ1) is 12.3. The second-order valence-electron chi connectivity index (χ2n) is 4.79. The van der Waals surface area contributed by atoms with Crippen LogP contribution >= 0.6 is 0 Å². The number of aromatic nitrogens is 2. The highest BCUT2D eigenvalue weighted by Crippen LogP contribution is 2.20. The molecule has 1 aromatic rings. The Labute approximate surface area is 103 Å². The molecule has 4 nitrogen and oxygen atoms in total. The number of rotatable bonds is 4. The Morgan fingerprint density at radius 3 is 2.94 bits per heavy atom. The Balaban J connectivity index is 1.90. The van der Waals surface area contributed by atoms with Crippen LogP contribution in [0.3, 0.4) is 0 Å². The van der Waals surface area contributed by atoms with Crippen molar-refractivity contribution in [1.29, 1.82) is 0 Å². The van der Waals surface area contributed by atoms with E-state index < -0.39 is 0 Å². The predicted octanol–water partition coefficient (Wildman–Crippen LogP) is 2.14. The van der Waals surface area contributed by atoms with Crippen molar-refractivity contribution in [2.75, 3.05) is 25.5 Å². The molecular formula is C13H22N4. The Morgan fingerprint density at radius 1 is 1.41 bits per heavy atom. The molecule has 0 bridgehead atoms. The molecule has 0 radical (unpaired) electrons. The quantitative estimate of drug-likeness (QED) is 0.866. The van der Waals surface area contributed by atoms with E-state index >= 15 is 0 Å². The van der Waals surface area contributed by atoms with E-state index in [9.17, 15) is 0 Å². The maximum Gasteiger partial charge on any atom is 0.144 e. The Morgan fingerprint density at radius 2 is 2.29 bits per heavy atom. The summed E-state index contributed by atoms with van der Waals surface area (Å²) in [6.07, 6.45) is 7.68. The van der Waals surface area contributed by atoms with E-state index in [-0.39, 0.29) is 0 Å². The van der Waals surface area contributed by atoms with Gasteiger partial charge >= 0.3 is 0 Å². The molecule has 1 N–H and O–H groups in total. The van der Waals surface area contributed by atoms with Crippen molar-refractivity contribution >= 4 is 5.82 Å². The third-order valence-electron chi connectivity index (χ3n) is 3.53. The number of likely N-dealkylation sites (tertiary alicyclic amines) is 1. The Hall–Kier alpha value is -1.16. The van der Waals surface area contributed by atoms with Crippen LogP contribution in [0.5, 0.6) is 0 Å². The summed E-state index contributed by atoms with van der Waals surface area (Å²) < 4.78 is 0. The normalized spacial score (nSPS) is 21.4. The minimum Gasteiger partial charge on any atom is -0.372 e. The van der Waals surface area contributed by atoms with Crippen molar-refractivity contribution in [2.24, 2.45) is 5.92 Å². The maximum atomic E-state index is 4.43. The summed E-state index contributed by atoms with van der Waals surface area (Å²) in [5.41, 5.74) is 1.07. The van der Waals surface area contributed by atoms with Crippen LogP contribution < -0.4 is 5.32 Å². The van der Waals surface area contributed by atoms with Crippen LogP contribution in [-0.2, 0) is 6.54 Å². The zero-order valence-electron chi connectivity index (χ0n) is 10.8. The molecule has 17 heavy (non-hydrogen) atoms. The molecule has 0 spiro atoms. The summed E-state index contributed by atoms with van der Waals surface area (Å²) in [5.74, 6) is 1.70. The van der Waals surface area contributed by atoms with Crippen molar-refractivity contribution < 1.29 is 0 Å². The summed E-state index contributed by atoms with van der Waals surface area (Å²) >= 11 is 0. The fraction of sp³-hybridized carbons (Fsp3) is 0.692. The average Bonchev–Trinajstić information content (AvgIpc) is 2.40. The van der Waals surface area contributed by atoms with Crippen molar-refractivity contribution in [2.45, 2.75) is 32.7 Å². The second kappa shape index (κ2) is 5.96. The second-order valence-corrected chi connectivity index (χ2v) is 4.79. The van der Waals surface area contributed by atoms with Crippen LogP contribution in [0, 0.1) is 5.92 Å². The average molecular weight is 234 g/mol. The molecule has 94 valence electrons. The number of anilines is 1. The first-order chi connectivity index (χ1) is 8.31. The zero-order valence-corrected chi connectivity index (χ0v) is 10.8. The first-order valence-electron chi connectivity index (χ1n) is 6.53. The minimum atomic E-state index is 0.832. The van der Waals surface area contributed by atoms with Gasteiger partial charge in [0.2, 0.25) is 0 Å². The van der Waals surface area contributed by atoms with E-state index in [1.807, 2.05) is 13.2 Å². The van der Waals surface area contributed by atoms with Crippen LogP contribution in [0.25, 0.3) is 0 Å². The molecule has 2 heterocycles. The lowest BCUT2D eigenvalue weighted by molar-refractivity contribution is 0.163. The van der Waals surface area contributed by atoms with Gasteiger partial charge < -0.3 is 5.32 Å². The van der Waals surface area contributed by atoms with Gasteiger partial charge in [-0.2, -0.15) is 0 Å². The molecule has 0 saturated carbocycles. The number of hydrogen-bond donors (Lipinski definition) is 1. The van der Waals surface area contributed by atoms with E-state index in [1.54, 1.807) is 6.20 Å². The molecule has 0 aromatic carbocycles. The monoisotopic (exact) mass is 234 g/mol. The fourth-order valence-electron chi connectivity index (χ4n) is 2.42. The van der Waals surface area contributed by atoms with E-state index in [4.69, 9.17) is 0 Å². The molecule has 1 aromatic heterocycles. The molecule has 1 aliphatic rings. The van der Waals surface area contributed by atoms with Crippen LogP contribution in [0.15, 0.2) is 12.4 Å². The molecule has 4 heteroatoms. The highest BCUT2D eigenvalue weighted by Gasteiger charge is 2.18. The van der Waals surface area contributed by atoms with Gasteiger partial charge in [-0.15, -0.1) is 0 Å². The largest absolute Gasteiger partial charge is 0.372 e.